The molecule has 0 bridgehead atoms. The number of nitrogens with one attached hydrogen (secondary N) is 1. The second-order valence-electron chi connectivity index (χ2n) is 9.56. The molecule has 3 aromatic rings. The Balaban J connectivity index is 1.82. The van der Waals surface area contributed by atoms with E-state index in [9.17, 15) is 18.4 Å². The van der Waals surface area contributed by atoms with Crippen molar-refractivity contribution in [3.8, 4) is 0 Å². The summed E-state index contributed by atoms with van der Waals surface area (Å²) >= 11 is 0. The molecule has 2 amide bonds. The predicted octanol–water partition coefficient (Wildman–Crippen LogP) is 6.28. The first-order valence-electron chi connectivity index (χ1n) is 11.0. The highest BCUT2D eigenvalue weighted by Gasteiger charge is 2.41. The number of benzene rings is 3. The number of nitrogens with zero attached hydrogens (tertiary/aromatic N) is 1. The van der Waals surface area contributed by atoms with Gasteiger partial charge in [0.05, 0.1) is 11.3 Å². The molecule has 0 unspecified atom stereocenters. The molecule has 0 saturated heterocycles. The molecule has 4 rings (SSSR count). The summed E-state index contributed by atoms with van der Waals surface area (Å²) < 4.78 is 27.3. The van der Waals surface area contributed by atoms with Crippen molar-refractivity contribution in [2.75, 3.05) is 10.2 Å². The van der Waals surface area contributed by atoms with Crippen LogP contribution in [-0.4, -0.2) is 11.8 Å². The fourth-order valence-corrected chi connectivity index (χ4v) is 4.05. The quantitative estimate of drug-likeness (QED) is 0.467. The van der Waals surface area contributed by atoms with Crippen molar-refractivity contribution >= 4 is 28.8 Å². The van der Waals surface area contributed by atoms with Gasteiger partial charge in [-0.05, 0) is 60.2 Å². The molecule has 0 saturated carbocycles. The van der Waals surface area contributed by atoms with Gasteiger partial charge >= 0.3 is 0 Å². The van der Waals surface area contributed by atoms with Crippen LogP contribution in [0.3, 0.4) is 0 Å². The van der Waals surface area contributed by atoms with Crippen LogP contribution in [0.5, 0.6) is 0 Å². The number of hydrogen-bond donors (Lipinski definition) is 1. The van der Waals surface area contributed by atoms with Crippen molar-refractivity contribution < 1.29 is 18.4 Å². The molecule has 34 heavy (non-hydrogen) atoms. The maximum atomic E-state index is 13.8. The van der Waals surface area contributed by atoms with Crippen molar-refractivity contribution in [1.29, 1.82) is 0 Å². The average molecular weight is 461 g/mol. The SMILES string of the molecule is Cc1ccc(C2=C(Nc3ccc(F)c(F)c3)C(=O)N(c3ccc(C(C)(C)C)cc3)C2=O)c(C)c1. The summed E-state index contributed by atoms with van der Waals surface area (Å²) in [5.41, 5.74) is 4.24. The Morgan fingerprint density at radius 1 is 0.794 bits per heavy atom. The van der Waals surface area contributed by atoms with Crippen molar-refractivity contribution in [3.05, 3.63) is 100 Å². The monoisotopic (exact) mass is 460 g/mol. The molecule has 4 nitrogen and oxygen atoms in total. The van der Waals surface area contributed by atoms with Crippen LogP contribution in [0.2, 0.25) is 0 Å². The van der Waals surface area contributed by atoms with Crippen LogP contribution in [0, 0.1) is 25.5 Å². The Bertz CT molecular complexity index is 1340. The number of aryl methyl sites for hydroxylation is 2. The highest BCUT2D eigenvalue weighted by atomic mass is 19.2. The largest absolute Gasteiger partial charge is 0.350 e. The minimum atomic E-state index is -1.05. The van der Waals surface area contributed by atoms with Gasteiger partial charge in [-0.3, -0.25) is 9.59 Å². The first-order chi connectivity index (χ1) is 16.0. The summed E-state index contributed by atoms with van der Waals surface area (Å²) in [6.07, 6.45) is 0. The number of carbonyl (C=O) groups excluding carboxylic acids is 2. The number of amides is 2. The number of anilines is 2. The molecule has 1 aliphatic heterocycles. The smallest absolute Gasteiger partial charge is 0.282 e. The van der Waals surface area contributed by atoms with Crippen LogP contribution in [-0.2, 0) is 15.0 Å². The van der Waals surface area contributed by atoms with Gasteiger partial charge in [-0.2, -0.15) is 0 Å². The second-order valence-corrected chi connectivity index (χ2v) is 9.56. The molecule has 1 N–H and O–H groups in total. The summed E-state index contributed by atoms with van der Waals surface area (Å²) in [5, 5.41) is 2.88. The molecule has 1 heterocycles. The van der Waals surface area contributed by atoms with E-state index in [0.717, 1.165) is 33.7 Å². The maximum Gasteiger partial charge on any atom is 0.282 e. The van der Waals surface area contributed by atoms with E-state index >= 15 is 0 Å². The number of imide groups is 1. The number of carbonyl (C=O) groups is 2. The number of halogens is 2. The predicted molar refractivity (Wildman–Crippen MR) is 130 cm³/mol. The Labute approximate surface area is 197 Å². The Morgan fingerprint density at radius 2 is 1.47 bits per heavy atom. The van der Waals surface area contributed by atoms with Crippen molar-refractivity contribution in [2.24, 2.45) is 0 Å². The van der Waals surface area contributed by atoms with Gasteiger partial charge in [0.2, 0.25) is 0 Å². The standard InChI is InChI=1S/C28H26F2N2O2/c1-16-6-12-21(17(2)14-16)24-25(31-19-9-13-22(29)23(30)15-19)27(34)32(26(24)33)20-10-7-18(8-11-20)28(3,4)5/h6-15,31H,1-5H3. The fourth-order valence-electron chi connectivity index (χ4n) is 4.05. The van der Waals surface area contributed by atoms with Gasteiger partial charge in [-0.1, -0.05) is 56.7 Å². The Morgan fingerprint density at radius 3 is 2.06 bits per heavy atom. The van der Waals surface area contributed by atoms with Gasteiger partial charge in [-0.25, -0.2) is 13.7 Å². The summed E-state index contributed by atoms with van der Waals surface area (Å²) in [6, 6.07) is 16.1. The van der Waals surface area contributed by atoms with E-state index in [2.05, 4.69) is 26.1 Å². The van der Waals surface area contributed by atoms with Crippen LogP contribution >= 0.6 is 0 Å². The first-order valence-corrected chi connectivity index (χ1v) is 11.0. The summed E-state index contributed by atoms with van der Waals surface area (Å²) in [6.45, 7) is 10.0. The van der Waals surface area contributed by atoms with Gasteiger partial charge < -0.3 is 5.32 Å². The van der Waals surface area contributed by atoms with Crippen molar-refractivity contribution in [3.63, 3.8) is 0 Å². The molecule has 0 fully saturated rings. The zero-order valence-corrected chi connectivity index (χ0v) is 19.8. The minimum absolute atomic E-state index is 0.0165. The molecule has 6 heteroatoms. The van der Waals surface area contributed by atoms with E-state index in [4.69, 9.17) is 0 Å². The number of hydrogen-bond acceptors (Lipinski definition) is 3. The lowest BCUT2D eigenvalue weighted by molar-refractivity contribution is -0.120. The Kier molecular flexibility index (Phi) is 5.86. The van der Waals surface area contributed by atoms with Crippen LogP contribution in [0.25, 0.3) is 5.57 Å². The van der Waals surface area contributed by atoms with E-state index in [0.29, 0.717) is 11.3 Å². The zero-order valence-electron chi connectivity index (χ0n) is 19.8. The van der Waals surface area contributed by atoms with Crippen LogP contribution in [0.1, 0.15) is 43.0 Å². The molecule has 0 aromatic heterocycles. The van der Waals surface area contributed by atoms with Gasteiger partial charge in [-0.15, -0.1) is 0 Å². The molecule has 0 spiro atoms. The first kappa shape index (κ1) is 23.4. The van der Waals surface area contributed by atoms with E-state index < -0.39 is 23.4 Å². The lowest BCUT2D eigenvalue weighted by Gasteiger charge is -2.21. The topological polar surface area (TPSA) is 49.4 Å². The average Bonchev–Trinajstić information content (AvgIpc) is 3.00. The second kappa shape index (κ2) is 8.52. The third-order valence-corrected chi connectivity index (χ3v) is 5.92. The molecule has 0 aliphatic carbocycles. The van der Waals surface area contributed by atoms with Gasteiger partial charge in [0.15, 0.2) is 11.6 Å². The maximum absolute atomic E-state index is 13.8. The lowest BCUT2D eigenvalue weighted by Crippen LogP contribution is -2.32. The van der Waals surface area contributed by atoms with Crippen LogP contribution in [0.15, 0.2) is 66.4 Å². The van der Waals surface area contributed by atoms with E-state index in [1.165, 1.54) is 6.07 Å². The normalized spacial score (nSPS) is 14.3. The van der Waals surface area contributed by atoms with Crippen molar-refractivity contribution in [2.45, 2.75) is 40.0 Å². The lowest BCUT2D eigenvalue weighted by atomic mass is 9.87. The summed E-state index contributed by atoms with van der Waals surface area (Å²) in [7, 11) is 0. The molecule has 3 aromatic carbocycles. The van der Waals surface area contributed by atoms with E-state index in [1.807, 2.05) is 38.1 Å². The van der Waals surface area contributed by atoms with E-state index in [-0.39, 0.29) is 22.4 Å². The van der Waals surface area contributed by atoms with Gasteiger partial charge in [0, 0.05) is 11.8 Å². The molecule has 0 atom stereocenters. The molecule has 1 aliphatic rings. The third kappa shape index (κ3) is 4.23. The highest BCUT2D eigenvalue weighted by molar-refractivity contribution is 6.46. The zero-order chi connectivity index (χ0) is 24.8. The number of rotatable bonds is 4. The summed E-state index contributed by atoms with van der Waals surface area (Å²) in [5.74, 6) is -3.09. The van der Waals surface area contributed by atoms with Crippen LogP contribution < -0.4 is 10.2 Å². The van der Waals surface area contributed by atoms with E-state index in [1.54, 1.807) is 18.2 Å². The molecular weight excluding hydrogens is 434 g/mol. The highest BCUT2D eigenvalue weighted by Crippen LogP contribution is 2.36. The van der Waals surface area contributed by atoms with Crippen molar-refractivity contribution in [1.82, 2.24) is 0 Å². The third-order valence-electron chi connectivity index (χ3n) is 5.92. The molecule has 174 valence electrons. The Hall–Kier alpha value is -3.80. The molecule has 0 radical (unpaired) electrons. The van der Waals surface area contributed by atoms with Gasteiger partial charge in [0.1, 0.15) is 5.70 Å². The van der Waals surface area contributed by atoms with Gasteiger partial charge in [0.25, 0.3) is 11.8 Å². The summed E-state index contributed by atoms with van der Waals surface area (Å²) in [4.78, 5) is 28.3. The fraction of sp³-hybridized carbons (Fsp3) is 0.214. The molecular formula is C28H26F2N2O2. The minimum Gasteiger partial charge on any atom is -0.350 e. The van der Waals surface area contributed by atoms with Crippen LogP contribution in [0.4, 0.5) is 20.2 Å².